The minimum atomic E-state index is -0.682. The number of amides is 1. The van der Waals surface area contributed by atoms with Gasteiger partial charge in [0, 0.05) is 16.1 Å². The van der Waals surface area contributed by atoms with Crippen LogP contribution in [-0.2, 0) is 9.53 Å². The summed E-state index contributed by atoms with van der Waals surface area (Å²) in [5.74, 6) is -1.40. The highest BCUT2D eigenvalue weighted by atomic mass is 35.5. The highest BCUT2D eigenvalue weighted by Gasteiger charge is 2.12. The summed E-state index contributed by atoms with van der Waals surface area (Å²) in [5, 5.41) is 2.97. The van der Waals surface area contributed by atoms with E-state index < -0.39 is 5.97 Å². The fourth-order valence-corrected chi connectivity index (χ4v) is 2.08. The number of benzene rings is 2. The van der Waals surface area contributed by atoms with E-state index in [0.29, 0.717) is 16.1 Å². The zero-order chi connectivity index (χ0) is 17.5. The van der Waals surface area contributed by atoms with Gasteiger partial charge in [-0.3, -0.25) is 14.4 Å². The topological polar surface area (TPSA) is 72.5 Å². The van der Waals surface area contributed by atoms with Crippen molar-refractivity contribution in [3.63, 3.8) is 0 Å². The van der Waals surface area contributed by atoms with Gasteiger partial charge in [-0.2, -0.15) is 0 Å². The molecule has 5 nitrogen and oxygen atoms in total. The molecule has 2 rings (SSSR count). The smallest absolute Gasteiger partial charge is 0.325 e. The molecule has 0 saturated carbocycles. The molecular weight excluding hydrogens is 330 g/mol. The second-order valence-corrected chi connectivity index (χ2v) is 5.58. The lowest BCUT2D eigenvalue weighted by molar-refractivity contribution is -0.141. The Labute approximate surface area is 144 Å². The molecule has 0 unspecified atom stereocenters. The number of aryl methyl sites for hydroxylation is 1. The summed E-state index contributed by atoms with van der Waals surface area (Å²) in [5.41, 5.74) is 1.80. The van der Waals surface area contributed by atoms with Gasteiger partial charge in [0.25, 0.3) is 5.91 Å². The van der Waals surface area contributed by atoms with Gasteiger partial charge in [-0.05, 0) is 43.3 Å². The number of carbonyl (C=O) groups excluding carboxylic acids is 3. The van der Waals surface area contributed by atoms with E-state index >= 15 is 0 Å². The van der Waals surface area contributed by atoms with Gasteiger partial charge in [0.1, 0.15) is 6.54 Å². The van der Waals surface area contributed by atoms with Crippen molar-refractivity contribution in [1.82, 2.24) is 5.32 Å². The Balaban J connectivity index is 1.78. The van der Waals surface area contributed by atoms with E-state index in [1.54, 1.807) is 42.5 Å². The predicted molar refractivity (Wildman–Crippen MR) is 90.3 cm³/mol. The zero-order valence-corrected chi connectivity index (χ0v) is 13.8. The maximum Gasteiger partial charge on any atom is 0.325 e. The quantitative estimate of drug-likeness (QED) is 0.645. The van der Waals surface area contributed by atoms with E-state index in [4.69, 9.17) is 16.3 Å². The van der Waals surface area contributed by atoms with E-state index in [2.05, 4.69) is 5.32 Å². The van der Waals surface area contributed by atoms with Crippen LogP contribution < -0.4 is 5.32 Å². The van der Waals surface area contributed by atoms with E-state index in [9.17, 15) is 14.4 Å². The van der Waals surface area contributed by atoms with Crippen LogP contribution in [0.4, 0.5) is 0 Å². The van der Waals surface area contributed by atoms with Crippen molar-refractivity contribution in [1.29, 1.82) is 0 Å². The first kappa shape index (κ1) is 17.7. The standard InChI is InChI=1S/C18H16ClNO4/c1-12-3-2-4-14(9-12)18(23)20-10-17(22)24-11-16(21)13-5-7-15(19)8-6-13/h2-9H,10-11H2,1H3,(H,20,23). The van der Waals surface area contributed by atoms with Gasteiger partial charge in [-0.1, -0.05) is 29.3 Å². The first-order valence-corrected chi connectivity index (χ1v) is 7.63. The molecule has 24 heavy (non-hydrogen) atoms. The molecule has 0 radical (unpaired) electrons. The summed E-state index contributed by atoms with van der Waals surface area (Å²) >= 11 is 5.74. The van der Waals surface area contributed by atoms with Crippen LogP contribution >= 0.6 is 11.6 Å². The number of esters is 1. The summed E-state index contributed by atoms with van der Waals surface area (Å²) in [6, 6.07) is 13.3. The third-order valence-corrected chi connectivity index (χ3v) is 3.46. The van der Waals surface area contributed by atoms with Crippen LogP contribution in [0.5, 0.6) is 0 Å². The Kier molecular flexibility index (Phi) is 6.09. The maximum atomic E-state index is 11.9. The number of hydrogen-bond donors (Lipinski definition) is 1. The summed E-state index contributed by atoms with van der Waals surface area (Å²) in [6.45, 7) is 1.18. The van der Waals surface area contributed by atoms with Crippen LogP contribution in [0.25, 0.3) is 0 Å². The van der Waals surface area contributed by atoms with Crippen molar-refractivity contribution in [2.45, 2.75) is 6.92 Å². The number of ketones is 1. The predicted octanol–water partition coefficient (Wildman–Crippen LogP) is 2.80. The van der Waals surface area contributed by atoms with Gasteiger partial charge in [-0.25, -0.2) is 0 Å². The van der Waals surface area contributed by atoms with E-state index in [-0.39, 0.29) is 24.8 Å². The Hall–Kier alpha value is -2.66. The molecule has 0 aromatic heterocycles. The molecule has 0 bridgehead atoms. The van der Waals surface area contributed by atoms with Crippen molar-refractivity contribution >= 4 is 29.3 Å². The van der Waals surface area contributed by atoms with Gasteiger partial charge in [0.15, 0.2) is 12.4 Å². The lowest BCUT2D eigenvalue weighted by Gasteiger charge is -2.07. The molecular formula is C18H16ClNO4. The summed E-state index contributed by atoms with van der Waals surface area (Å²) in [6.07, 6.45) is 0. The van der Waals surface area contributed by atoms with E-state index in [1.807, 2.05) is 13.0 Å². The Bertz CT molecular complexity index is 756. The molecule has 0 aliphatic heterocycles. The lowest BCUT2D eigenvalue weighted by Crippen LogP contribution is -2.31. The van der Waals surface area contributed by atoms with E-state index in [1.165, 1.54) is 0 Å². The molecule has 0 saturated heterocycles. The van der Waals surface area contributed by atoms with Gasteiger partial charge < -0.3 is 10.1 Å². The van der Waals surface area contributed by atoms with E-state index in [0.717, 1.165) is 5.56 Å². The number of halogens is 1. The molecule has 1 N–H and O–H groups in total. The monoisotopic (exact) mass is 345 g/mol. The molecule has 0 aliphatic carbocycles. The average molecular weight is 346 g/mol. The zero-order valence-electron chi connectivity index (χ0n) is 13.0. The summed E-state index contributed by atoms with van der Waals surface area (Å²) < 4.78 is 4.86. The SMILES string of the molecule is Cc1cccc(C(=O)NCC(=O)OCC(=O)c2ccc(Cl)cc2)c1. The third-order valence-electron chi connectivity index (χ3n) is 3.20. The molecule has 0 fully saturated rings. The summed E-state index contributed by atoms with van der Waals surface area (Å²) in [4.78, 5) is 35.4. The number of ether oxygens (including phenoxy) is 1. The van der Waals surface area contributed by atoms with Gasteiger partial charge >= 0.3 is 5.97 Å². The number of hydrogen-bond acceptors (Lipinski definition) is 4. The second-order valence-electron chi connectivity index (χ2n) is 5.14. The normalized spacial score (nSPS) is 10.1. The Morgan fingerprint density at radius 1 is 1.04 bits per heavy atom. The second kappa shape index (κ2) is 8.26. The van der Waals surface area contributed by atoms with Gasteiger partial charge in [-0.15, -0.1) is 0 Å². The summed E-state index contributed by atoms with van der Waals surface area (Å²) in [7, 11) is 0. The number of rotatable bonds is 6. The van der Waals surface area contributed by atoms with Crippen LogP contribution in [-0.4, -0.2) is 30.8 Å². The fraction of sp³-hybridized carbons (Fsp3) is 0.167. The molecule has 0 spiro atoms. The first-order chi connectivity index (χ1) is 11.5. The minimum absolute atomic E-state index is 0.305. The molecule has 2 aromatic carbocycles. The molecule has 0 atom stereocenters. The van der Waals surface area contributed by atoms with Crippen molar-refractivity contribution in [2.75, 3.05) is 13.2 Å². The van der Waals surface area contributed by atoms with Crippen LogP contribution in [0.1, 0.15) is 26.3 Å². The minimum Gasteiger partial charge on any atom is -0.456 e. The van der Waals surface area contributed by atoms with Crippen molar-refractivity contribution in [2.24, 2.45) is 0 Å². The average Bonchev–Trinajstić information content (AvgIpc) is 2.58. The van der Waals surface area contributed by atoms with Crippen molar-refractivity contribution < 1.29 is 19.1 Å². The molecule has 0 aliphatic rings. The highest BCUT2D eigenvalue weighted by molar-refractivity contribution is 6.30. The largest absolute Gasteiger partial charge is 0.456 e. The van der Waals surface area contributed by atoms with Crippen LogP contribution in [0.3, 0.4) is 0 Å². The third kappa shape index (κ3) is 5.21. The molecule has 124 valence electrons. The fourth-order valence-electron chi connectivity index (χ4n) is 1.96. The number of carbonyl (C=O) groups is 3. The number of Topliss-reactive ketones (excluding diaryl/α,β-unsaturated/α-hetero) is 1. The van der Waals surface area contributed by atoms with Crippen molar-refractivity contribution in [3.8, 4) is 0 Å². The molecule has 0 heterocycles. The Morgan fingerprint density at radius 3 is 2.42 bits per heavy atom. The van der Waals surface area contributed by atoms with Gasteiger partial charge in [0.2, 0.25) is 0 Å². The highest BCUT2D eigenvalue weighted by Crippen LogP contribution is 2.10. The first-order valence-electron chi connectivity index (χ1n) is 7.25. The molecule has 6 heteroatoms. The lowest BCUT2D eigenvalue weighted by atomic mass is 10.1. The maximum absolute atomic E-state index is 11.9. The van der Waals surface area contributed by atoms with Gasteiger partial charge in [0.05, 0.1) is 0 Å². The van der Waals surface area contributed by atoms with Crippen molar-refractivity contribution in [3.05, 3.63) is 70.2 Å². The van der Waals surface area contributed by atoms with Crippen LogP contribution in [0.2, 0.25) is 5.02 Å². The number of nitrogens with one attached hydrogen (secondary N) is 1. The van der Waals surface area contributed by atoms with Crippen LogP contribution in [0.15, 0.2) is 48.5 Å². The molecule has 2 aromatic rings. The Morgan fingerprint density at radius 2 is 1.75 bits per heavy atom. The molecule has 1 amide bonds. The van der Waals surface area contributed by atoms with Crippen LogP contribution in [0, 0.1) is 6.92 Å².